The summed E-state index contributed by atoms with van der Waals surface area (Å²) in [5, 5.41) is 13.7. The number of aromatic nitrogens is 2. The molecule has 1 unspecified atom stereocenters. The first kappa shape index (κ1) is 22.4. The SMILES string of the molecule is C=C(CCOC)N1CCN(c2nc(C3CC3)c(Nc3ccnc(Cl)c3)cc2C#N)CC1C. The molecular weight excluding hydrogens is 424 g/mol. The Hall–Kier alpha value is -2.82. The summed E-state index contributed by atoms with van der Waals surface area (Å²) < 4.78 is 5.20. The molecule has 4 rings (SSSR count). The quantitative estimate of drug-likeness (QED) is 0.582. The minimum Gasteiger partial charge on any atom is -0.384 e. The van der Waals surface area contributed by atoms with Crippen molar-refractivity contribution in [1.29, 1.82) is 5.26 Å². The standard InChI is InChI=1S/C24H29ClN6O/c1-16(7-11-32-3)31-10-9-30(15-17(31)2)24-19(14-26)12-21(23(29-24)18-4-5-18)28-20-6-8-27-22(25)13-20/h6,8,12-13,17-18H,1,4-5,7,9-11,15H2,2-3H3,(H,27,28). The third-order valence-electron chi connectivity index (χ3n) is 6.05. The summed E-state index contributed by atoms with van der Waals surface area (Å²) in [7, 11) is 1.71. The molecule has 8 heteroatoms. The number of nitriles is 1. The molecule has 1 saturated carbocycles. The van der Waals surface area contributed by atoms with Crippen molar-refractivity contribution in [2.75, 3.05) is 43.6 Å². The lowest BCUT2D eigenvalue weighted by molar-refractivity contribution is 0.177. The van der Waals surface area contributed by atoms with Gasteiger partial charge in [0.2, 0.25) is 0 Å². The number of piperazine rings is 1. The summed E-state index contributed by atoms with van der Waals surface area (Å²) in [5.41, 5.74) is 4.40. The molecule has 0 bridgehead atoms. The van der Waals surface area contributed by atoms with Gasteiger partial charge in [-0.1, -0.05) is 18.2 Å². The fourth-order valence-corrected chi connectivity index (χ4v) is 4.40. The van der Waals surface area contributed by atoms with Crippen LogP contribution in [-0.4, -0.2) is 54.3 Å². The van der Waals surface area contributed by atoms with Crippen molar-refractivity contribution in [2.24, 2.45) is 0 Å². The maximum Gasteiger partial charge on any atom is 0.147 e. The Labute approximate surface area is 194 Å². The Morgan fingerprint density at radius 1 is 1.38 bits per heavy atom. The average Bonchev–Trinajstić information content (AvgIpc) is 3.62. The van der Waals surface area contributed by atoms with Crippen LogP contribution < -0.4 is 10.2 Å². The van der Waals surface area contributed by atoms with Gasteiger partial charge in [-0.3, -0.25) is 0 Å². The summed E-state index contributed by atoms with van der Waals surface area (Å²) in [6, 6.07) is 8.21. The molecular formula is C24H29ClN6O. The van der Waals surface area contributed by atoms with E-state index >= 15 is 0 Å². The smallest absolute Gasteiger partial charge is 0.147 e. The van der Waals surface area contributed by atoms with Gasteiger partial charge < -0.3 is 19.9 Å². The lowest BCUT2D eigenvalue weighted by Crippen LogP contribution is -2.51. The molecule has 1 aliphatic heterocycles. The van der Waals surface area contributed by atoms with Crippen molar-refractivity contribution in [3.05, 3.63) is 53.1 Å². The van der Waals surface area contributed by atoms with Crippen LogP contribution in [0.1, 0.15) is 43.4 Å². The molecule has 1 saturated heterocycles. The summed E-state index contributed by atoms with van der Waals surface area (Å²) in [5.74, 6) is 1.20. The van der Waals surface area contributed by atoms with Crippen LogP contribution in [0.25, 0.3) is 0 Å². The van der Waals surface area contributed by atoms with Gasteiger partial charge in [-0.05, 0) is 38.0 Å². The number of rotatable bonds is 8. The van der Waals surface area contributed by atoms with Crippen LogP contribution in [-0.2, 0) is 4.74 Å². The first-order chi connectivity index (χ1) is 15.5. The van der Waals surface area contributed by atoms with Gasteiger partial charge in [0.15, 0.2) is 0 Å². The van der Waals surface area contributed by atoms with Gasteiger partial charge in [0.1, 0.15) is 17.0 Å². The van der Waals surface area contributed by atoms with E-state index in [4.69, 9.17) is 21.3 Å². The highest BCUT2D eigenvalue weighted by Gasteiger charge is 2.32. The predicted octanol–water partition coefficient (Wildman–Crippen LogP) is 4.68. The molecule has 1 aliphatic carbocycles. The number of pyridine rings is 2. The predicted molar refractivity (Wildman–Crippen MR) is 127 cm³/mol. The van der Waals surface area contributed by atoms with Gasteiger partial charge in [0.05, 0.1) is 23.6 Å². The lowest BCUT2D eigenvalue weighted by atomic mass is 10.1. The summed E-state index contributed by atoms with van der Waals surface area (Å²) >= 11 is 6.04. The van der Waals surface area contributed by atoms with Crippen molar-refractivity contribution >= 4 is 28.8 Å². The van der Waals surface area contributed by atoms with Crippen LogP contribution in [0.5, 0.6) is 0 Å². The van der Waals surface area contributed by atoms with Gasteiger partial charge in [0.25, 0.3) is 0 Å². The minimum absolute atomic E-state index is 0.280. The van der Waals surface area contributed by atoms with Crippen LogP contribution in [0.3, 0.4) is 0 Å². The van der Waals surface area contributed by atoms with Crippen LogP contribution in [0, 0.1) is 11.3 Å². The zero-order valence-electron chi connectivity index (χ0n) is 18.6. The summed E-state index contributed by atoms with van der Waals surface area (Å²) in [6.07, 6.45) is 4.73. The second kappa shape index (κ2) is 9.76. The Kier molecular flexibility index (Phi) is 6.83. The fourth-order valence-electron chi connectivity index (χ4n) is 4.23. The number of nitrogens with zero attached hydrogens (tertiary/aromatic N) is 5. The maximum atomic E-state index is 9.92. The molecule has 1 atom stereocenters. The van der Waals surface area contributed by atoms with Crippen molar-refractivity contribution in [3.8, 4) is 6.07 Å². The third kappa shape index (κ3) is 4.98. The molecule has 7 nitrogen and oxygen atoms in total. The fraction of sp³-hybridized carbons (Fsp3) is 0.458. The Balaban J connectivity index is 1.58. The highest BCUT2D eigenvalue weighted by Crippen LogP contribution is 2.44. The first-order valence-electron chi connectivity index (χ1n) is 11.0. The van der Waals surface area contributed by atoms with Crippen molar-refractivity contribution in [1.82, 2.24) is 14.9 Å². The molecule has 168 valence electrons. The van der Waals surface area contributed by atoms with Gasteiger partial charge in [0, 0.05) is 62.7 Å². The first-order valence-corrected chi connectivity index (χ1v) is 11.4. The van der Waals surface area contributed by atoms with Crippen molar-refractivity contribution in [3.63, 3.8) is 0 Å². The van der Waals surface area contributed by atoms with Gasteiger partial charge in [-0.2, -0.15) is 5.26 Å². The minimum atomic E-state index is 0.280. The van der Waals surface area contributed by atoms with Crippen molar-refractivity contribution in [2.45, 2.75) is 38.1 Å². The Morgan fingerprint density at radius 2 is 2.19 bits per heavy atom. The normalized spacial score (nSPS) is 18.4. The van der Waals surface area contributed by atoms with Gasteiger partial charge in [-0.15, -0.1) is 0 Å². The molecule has 2 aromatic heterocycles. The van der Waals surface area contributed by atoms with E-state index in [1.54, 1.807) is 19.4 Å². The van der Waals surface area contributed by atoms with E-state index < -0.39 is 0 Å². The Bertz CT molecular complexity index is 1030. The lowest BCUT2D eigenvalue weighted by Gasteiger charge is -2.43. The van der Waals surface area contributed by atoms with E-state index in [9.17, 15) is 5.26 Å². The zero-order chi connectivity index (χ0) is 22.7. The molecule has 0 radical (unpaired) electrons. The maximum absolute atomic E-state index is 9.92. The molecule has 2 fully saturated rings. The molecule has 32 heavy (non-hydrogen) atoms. The second-order valence-electron chi connectivity index (χ2n) is 8.47. The molecule has 1 N–H and O–H groups in total. The van der Waals surface area contributed by atoms with Crippen LogP contribution >= 0.6 is 11.6 Å². The molecule has 0 aromatic carbocycles. The van der Waals surface area contributed by atoms with Crippen molar-refractivity contribution < 1.29 is 4.74 Å². The number of ether oxygens (including phenoxy) is 1. The number of hydrogen-bond acceptors (Lipinski definition) is 7. The highest BCUT2D eigenvalue weighted by atomic mass is 35.5. The van der Waals surface area contributed by atoms with Crippen LogP contribution in [0.2, 0.25) is 5.15 Å². The van der Waals surface area contributed by atoms with E-state index in [-0.39, 0.29) is 6.04 Å². The second-order valence-corrected chi connectivity index (χ2v) is 8.86. The van der Waals surface area contributed by atoms with Gasteiger partial charge in [-0.25, -0.2) is 9.97 Å². The number of methoxy groups -OCH3 is 1. The average molecular weight is 453 g/mol. The van der Waals surface area contributed by atoms with E-state index in [2.05, 4.69) is 39.7 Å². The van der Waals surface area contributed by atoms with E-state index in [0.29, 0.717) is 23.2 Å². The number of hydrogen-bond donors (Lipinski definition) is 1. The largest absolute Gasteiger partial charge is 0.384 e. The molecule has 3 heterocycles. The van der Waals surface area contributed by atoms with E-state index in [1.165, 1.54) is 0 Å². The highest BCUT2D eigenvalue weighted by molar-refractivity contribution is 6.29. The number of nitrogens with one attached hydrogen (secondary N) is 1. The molecule has 0 amide bonds. The van der Waals surface area contributed by atoms with Crippen LogP contribution in [0.4, 0.5) is 17.2 Å². The van der Waals surface area contributed by atoms with E-state index in [1.807, 2.05) is 12.1 Å². The number of halogens is 1. The summed E-state index contributed by atoms with van der Waals surface area (Å²) in [6.45, 7) is 9.56. The monoisotopic (exact) mass is 452 g/mol. The van der Waals surface area contributed by atoms with E-state index in [0.717, 1.165) is 67.5 Å². The van der Waals surface area contributed by atoms with Gasteiger partial charge >= 0.3 is 0 Å². The third-order valence-corrected chi connectivity index (χ3v) is 6.26. The number of anilines is 3. The Morgan fingerprint density at radius 3 is 2.84 bits per heavy atom. The molecule has 2 aliphatic rings. The zero-order valence-corrected chi connectivity index (χ0v) is 19.4. The summed E-state index contributed by atoms with van der Waals surface area (Å²) in [4.78, 5) is 13.6. The van der Waals surface area contributed by atoms with Crippen LogP contribution in [0.15, 0.2) is 36.7 Å². The molecule has 0 spiro atoms. The molecule has 2 aromatic rings. The topological polar surface area (TPSA) is 77.3 Å².